The lowest BCUT2D eigenvalue weighted by Crippen LogP contribution is -3.00. The molecule has 0 aromatic heterocycles. The van der Waals surface area contributed by atoms with Gasteiger partial charge in [-0.2, -0.15) is 0 Å². The number of hydrogen-bond acceptors (Lipinski definition) is 4. The normalized spacial score (nSPS) is 9.90. The summed E-state index contributed by atoms with van der Waals surface area (Å²) >= 11 is 0. The van der Waals surface area contributed by atoms with Crippen molar-refractivity contribution in [3.63, 3.8) is 0 Å². The molecule has 120 valence electrons. The molecule has 0 radical (unpaired) electrons. The zero-order valence-electron chi connectivity index (χ0n) is 12.1. The van der Waals surface area contributed by atoms with E-state index in [1.165, 1.54) is 0 Å². The van der Waals surface area contributed by atoms with Crippen LogP contribution in [0.15, 0.2) is 18.2 Å². The maximum absolute atomic E-state index is 10.4. The number of halogens is 1. The van der Waals surface area contributed by atoms with Gasteiger partial charge in [0.2, 0.25) is 0 Å². The standard InChI is InChI=1S/C8H6O5.C5H14NO.ClH/c9-6-2-4(7(10)11)1-5(3-6)8(12)13;1-6(2,3)4-5-7;/h1-3,9H,(H,10,11)(H,12,13);7H,4-5H2,1-3H3;1H/q;+1;/p-1. The van der Waals surface area contributed by atoms with Crippen molar-refractivity contribution in [2.75, 3.05) is 34.3 Å². The van der Waals surface area contributed by atoms with Crippen molar-refractivity contribution in [2.24, 2.45) is 0 Å². The molecule has 0 aliphatic heterocycles. The first-order valence-corrected chi connectivity index (χ1v) is 5.79. The van der Waals surface area contributed by atoms with Gasteiger partial charge in [0.1, 0.15) is 12.3 Å². The molecule has 8 heteroatoms. The lowest BCUT2D eigenvalue weighted by Gasteiger charge is -2.21. The Kier molecular flexibility index (Phi) is 9.37. The van der Waals surface area contributed by atoms with Gasteiger partial charge < -0.3 is 37.3 Å². The molecule has 1 aromatic rings. The molecule has 0 atom stereocenters. The van der Waals surface area contributed by atoms with E-state index < -0.39 is 11.9 Å². The molecule has 7 nitrogen and oxygen atoms in total. The SMILES string of the molecule is C[N+](C)(C)CCO.O=C(O)c1cc(O)cc(C(=O)O)c1.[Cl-]. The van der Waals surface area contributed by atoms with Gasteiger partial charge >= 0.3 is 11.9 Å². The summed E-state index contributed by atoms with van der Waals surface area (Å²) in [6, 6.07) is 2.94. The van der Waals surface area contributed by atoms with Crippen molar-refractivity contribution in [1.82, 2.24) is 0 Å². The Bertz CT molecular complexity index is 452. The number of carbonyl (C=O) groups is 2. The van der Waals surface area contributed by atoms with Crippen molar-refractivity contribution in [1.29, 1.82) is 0 Å². The number of aliphatic hydroxyl groups is 1. The molecule has 0 bridgehead atoms. The molecule has 0 heterocycles. The highest BCUT2D eigenvalue weighted by atomic mass is 35.5. The van der Waals surface area contributed by atoms with Crippen molar-refractivity contribution in [3.05, 3.63) is 29.3 Å². The highest BCUT2D eigenvalue weighted by Gasteiger charge is 2.10. The number of aliphatic hydroxyl groups excluding tert-OH is 1. The molecule has 0 amide bonds. The monoisotopic (exact) mass is 321 g/mol. The minimum atomic E-state index is -1.28. The van der Waals surface area contributed by atoms with Crippen LogP contribution in [0.3, 0.4) is 0 Å². The quantitative estimate of drug-likeness (QED) is 0.455. The molecular formula is C13H20ClNO6. The molecule has 0 fully saturated rings. The van der Waals surface area contributed by atoms with Gasteiger partial charge in [-0.25, -0.2) is 9.59 Å². The van der Waals surface area contributed by atoms with Crippen LogP contribution in [0.2, 0.25) is 0 Å². The Morgan fingerprint density at radius 1 is 1.00 bits per heavy atom. The Balaban J connectivity index is 0. The average molecular weight is 322 g/mol. The summed E-state index contributed by atoms with van der Waals surface area (Å²) in [6.45, 7) is 1.11. The topological polar surface area (TPSA) is 115 Å². The van der Waals surface area contributed by atoms with Crippen molar-refractivity contribution in [2.45, 2.75) is 0 Å². The summed E-state index contributed by atoms with van der Waals surface area (Å²) in [7, 11) is 6.16. The van der Waals surface area contributed by atoms with Crippen LogP contribution in [0, 0.1) is 0 Å². The summed E-state index contributed by atoms with van der Waals surface area (Å²) < 4.78 is 0.844. The fourth-order valence-electron chi connectivity index (χ4n) is 1.16. The number of carboxylic acid groups (broad SMARTS) is 2. The number of aromatic hydroxyl groups is 1. The number of hydrogen-bond donors (Lipinski definition) is 4. The third-order valence-corrected chi connectivity index (χ3v) is 2.18. The zero-order valence-corrected chi connectivity index (χ0v) is 12.8. The van der Waals surface area contributed by atoms with Gasteiger partial charge in [0.15, 0.2) is 0 Å². The molecule has 21 heavy (non-hydrogen) atoms. The molecule has 1 aromatic carbocycles. The Morgan fingerprint density at radius 3 is 1.57 bits per heavy atom. The smallest absolute Gasteiger partial charge is 0.335 e. The molecule has 4 N–H and O–H groups in total. The first kappa shape index (κ1) is 21.5. The predicted molar refractivity (Wildman–Crippen MR) is 72.0 cm³/mol. The van der Waals surface area contributed by atoms with Crippen LogP contribution in [-0.4, -0.2) is 71.1 Å². The van der Waals surface area contributed by atoms with Gasteiger partial charge in [-0.15, -0.1) is 0 Å². The van der Waals surface area contributed by atoms with E-state index in [1.54, 1.807) is 0 Å². The molecular weight excluding hydrogens is 302 g/mol. The molecule has 0 saturated carbocycles. The van der Waals surface area contributed by atoms with E-state index in [9.17, 15) is 9.59 Å². The molecule has 0 saturated heterocycles. The van der Waals surface area contributed by atoms with E-state index in [0.717, 1.165) is 29.2 Å². The summed E-state index contributed by atoms with van der Waals surface area (Å²) in [5.41, 5.74) is -0.505. The maximum atomic E-state index is 10.4. The second-order valence-electron chi connectivity index (χ2n) is 5.12. The first-order valence-electron chi connectivity index (χ1n) is 5.79. The highest BCUT2D eigenvalue weighted by Crippen LogP contribution is 2.15. The predicted octanol–water partition coefficient (Wildman–Crippen LogP) is -2.52. The summed E-state index contributed by atoms with van der Waals surface area (Å²) in [5, 5.41) is 34.4. The van der Waals surface area contributed by atoms with Crippen molar-refractivity contribution < 1.29 is 46.9 Å². The Hall–Kier alpha value is -1.83. The fourth-order valence-corrected chi connectivity index (χ4v) is 1.16. The number of aromatic carboxylic acids is 2. The second kappa shape index (κ2) is 9.17. The number of rotatable bonds is 4. The van der Waals surface area contributed by atoms with Crippen LogP contribution >= 0.6 is 0 Å². The third-order valence-electron chi connectivity index (χ3n) is 2.18. The lowest BCUT2D eigenvalue weighted by molar-refractivity contribution is -0.870. The van der Waals surface area contributed by atoms with E-state index in [2.05, 4.69) is 21.1 Å². The third kappa shape index (κ3) is 9.67. The van der Waals surface area contributed by atoms with Crippen LogP contribution in [0.25, 0.3) is 0 Å². The summed E-state index contributed by atoms with van der Waals surface area (Å²) in [6.07, 6.45) is 0. The first-order chi connectivity index (χ1) is 9.06. The number of phenolic OH excluding ortho intramolecular Hbond substituents is 1. The van der Waals surface area contributed by atoms with Crippen LogP contribution in [0.1, 0.15) is 20.7 Å². The molecule has 0 aliphatic carbocycles. The van der Waals surface area contributed by atoms with E-state index in [1.807, 2.05) is 0 Å². The van der Waals surface area contributed by atoms with Gasteiger partial charge in [0, 0.05) is 0 Å². The van der Waals surface area contributed by atoms with E-state index in [0.29, 0.717) is 0 Å². The highest BCUT2D eigenvalue weighted by molar-refractivity contribution is 5.94. The van der Waals surface area contributed by atoms with Crippen LogP contribution < -0.4 is 12.4 Å². The van der Waals surface area contributed by atoms with Gasteiger partial charge in [0.25, 0.3) is 0 Å². The van der Waals surface area contributed by atoms with Gasteiger partial charge in [-0.05, 0) is 18.2 Å². The number of phenols is 1. The molecule has 0 unspecified atom stereocenters. The molecule has 1 rings (SSSR count). The fraction of sp³-hybridized carbons (Fsp3) is 0.385. The van der Waals surface area contributed by atoms with Crippen molar-refractivity contribution >= 4 is 11.9 Å². The Morgan fingerprint density at radius 2 is 1.38 bits per heavy atom. The lowest BCUT2D eigenvalue weighted by atomic mass is 10.1. The van der Waals surface area contributed by atoms with Crippen LogP contribution in [0.5, 0.6) is 5.75 Å². The largest absolute Gasteiger partial charge is 1.00 e. The van der Waals surface area contributed by atoms with E-state index in [-0.39, 0.29) is 35.9 Å². The van der Waals surface area contributed by atoms with Gasteiger partial charge in [-0.3, -0.25) is 0 Å². The minimum absolute atomic E-state index is 0. The minimum Gasteiger partial charge on any atom is -1.00 e. The summed E-state index contributed by atoms with van der Waals surface area (Å²) in [5.74, 6) is -2.94. The van der Waals surface area contributed by atoms with Gasteiger partial charge in [-0.1, -0.05) is 0 Å². The second-order valence-corrected chi connectivity index (χ2v) is 5.12. The average Bonchev–Trinajstić information content (AvgIpc) is 2.27. The number of nitrogens with zero attached hydrogens (tertiary/aromatic N) is 1. The van der Waals surface area contributed by atoms with Crippen molar-refractivity contribution in [3.8, 4) is 5.75 Å². The molecule has 0 aliphatic rings. The number of benzene rings is 1. The van der Waals surface area contributed by atoms with E-state index >= 15 is 0 Å². The zero-order chi connectivity index (χ0) is 15.9. The number of carboxylic acids is 2. The van der Waals surface area contributed by atoms with Crippen LogP contribution in [-0.2, 0) is 0 Å². The Labute approximate surface area is 129 Å². The van der Waals surface area contributed by atoms with E-state index in [4.69, 9.17) is 20.4 Å². The maximum Gasteiger partial charge on any atom is 0.335 e. The van der Waals surface area contributed by atoms with Crippen LogP contribution in [0.4, 0.5) is 0 Å². The van der Waals surface area contributed by atoms with Gasteiger partial charge in [0.05, 0.1) is 38.9 Å². The number of quaternary nitrogens is 1. The molecule has 0 spiro atoms. The summed E-state index contributed by atoms with van der Waals surface area (Å²) in [4.78, 5) is 20.8. The number of likely N-dealkylation sites (N-methyl/N-ethyl adjacent to an activating group) is 1.